The van der Waals surface area contributed by atoms with Gasteiger partial charge >= 0.3 is 6.01 Å². The van der Waals surface area contributed by atoms with E-state index in [0.29, 0.717) is 18.5 Å². The van der Waals surface area contributed by atoms with Crippen LogP contribution in [0.25, 0.3) is 0 Å². The summed E-state index contributed by atoms with van der Waals surface area (Å²) in [5.41, 5.74) is 0.209. The highest BCUT2D eigenvalue weighted by molar-refractivity contribution is 5.26. The molecule has 0 unspecified atom stereocenters. The van der Waals surface area contributed by atoms with Crippen LogP contribution in [-0.2, 0) is 6.54 Å². The second kappa shape index (κ2) is 5.49. The zero-order chi connectivity index (χ0) is 12.1. The average molecular weight is 238 g/mol. The lowest BCUT2D eigenvalue weighted by Crippen LogP contribution is -2.44. The Morgan fingerprint density at radius 3 is 2.71 bits per heavy atom. The molecule has 0 amide bonds. The standard InChI is InChI=1S/C12H22N4O/c1-3-8-13-9-10-15-16-11(17-10)14-12(4-2)6-5-7-12/h13H,3-9H2,1-2H3,(H,14,16). The molecule has 2 N–H and O–H groups in total. The Hall–Kier alpha value is -1.10. The van der Waals surface area contributed by atoms with Crippen molar-refractivity contribution in [3.63, 3.8) is 0 Å². The molecule has 17 heavy (non-hydrogen) atoms. The van der Waals surface area contributed by atoms with E-state index in [1.807, 2.05) is 0 Å². The first-order valence-corrected chi connectivity index (χ1v) is 6.59. The lowest BCUT2D eigenvalue weighted by atomic mass is 9.75. The van der Waals surface area contributed by atoms with Gasteiger partial charge in [0.05, 0.1) is 6.54 Å². The predicted octanol–water partition coefficient (Wildman–Crippen LogP) is 2.31. The number of anilines is 1. The summed E-state index contributed by atoms with van der Waals surface area (Å²) in [4.78, 5) is 0. The number of nitrogens with zero attached hydrogens (tertiary/aromatic N) is 2. The van der Waals surface area contributed by atoms with Crippen LogP contribution in [0.5, 0.6) is 0 Å². The fraction of sp³-hybridized carbons (Fsp3) is 0.833. The van der Waals surface area contributed by atoms with E-state index in [1.165, 1.54) is 19.3 Å². The zero-order valence-corrected chi connectivity index (χ0v) is 10.8. The van der Waals surface area contributed by atoms with Crippen LogP contribution in [0.1, 0.15) is 51.8 Å². The topological polar surface area (TPSA) is 63.0 Å². The number of hydrogen-bond acceptors (Lipinski definition) is 5. The molecule has 0 spiro atoms. The molecular weight excluding hydrogens is 216 g/mol. The van der Waals surface area contributed by atoms with Crippen molar-refractivity contribution < 1.29 is 4.42 Å². The normalized spacial score (nSPS) is 17.8. The maximum Gasteiger partial charge on any atom is 0.315 e. The molecule has 0 atom stereocenters. The molecule has 0 aromatic carbocycles. The highest BCUT2D eigenvalue weighted by Gasteiger charge is 2.36. The average Bonchev–Trinajstić information content (AvgIpc) is 2.72. The Morgan fingerprint density at radius 2 is 2.12 bits per heavy atom. The quantitative estimate of drug-likeness (QED) is 0.714. The van der Waals surface area contributed by atoms with Gasteiger partial charge in [0, 0.05) is 5.54 Å². The molecule has 0 radical (unpaired) electrons. The molecule has 0 aliphatic heterocycles. The summed E-state index contributed by atoms with van der Waals surface area (Å²) in [7, 11) is 0. The molecule has 1 aromatic heterocycles. The van der Waals surface area contributed by atoms with Gasteiger partial charge in [0.2, 0.25) is 5.89 Å². The fourth-order valence-electron chi connectivity index (χ4n) is 2.14. The minimum Gasteiger partial charge on any atom is -0.407 e. The number of rotatable bonds is 7. The van der Waals surface area contributed by atoms with Crippen LogP contribution in [0.2, 0.25) is 0 Å². The Labute approximate surface area is 102 Å². The first-order chi connectivity index (χ1) is 8.28. The van der Waals surface area contributed by atoms with Gasteiger partial charge in [-0.25, -0.2) is 0 Å². The molecule has 5 nitrogen and oxygen atoms in total. The fourth-order valence-corrected chi connectivity index (χ4v) is 2.14. The van der Waals surface area contributed by atoms with Gasteiger partial charge in [-0.1, -0.05) is 18.9 Å². The molecular formula is C12H22N4O. The van der Waals surface area contributed by atoms with Gasteiger partial charge in [0.1, 0.15) is 0 Å². The maximum atomic E-state index is 5.57. The van der Waals surface area contributed by atoms with Crippen LogP contribution in [0.15, 0.2) is 4.42 Å². The summed E-state index contributed by atoms with van der Waals surface area (Å²) in [5.74, 6) is 0.659. The first kappa shape index (κ1) is 12.4. The van der Waals surface area contributed by atoms with Gasteiger partial charge in [0.15, 0.2) is 0 Å². The molecule has 1 aliphatic carbocycles. The van der Waals surface area contributed by atoms with Gasteiger partial charge in [-0.15, -0.1) is 5.10 Å². The smallest absolute Gasteiger partial charge is 0.315 e. The van der Waals surface area contributed by atoms with Crippen LogP contribution in [0, 0.1) is 0 Å². The second-order valence-electron chi connectivity index (χ2n) is 4.79. The third kappa shape index (κ3) is 2.97. The number of nitrogens with one attached hydrogen (secondary N) is 2. The Morgan fingerprint density at radius 1 is 1.29 bits per heavy atom. The van der Waals surface area contributed by atoms with Crippen molar-refractivity contribution in [3.8, 4) is 0 Å². The number of hydrogen-bond donors (Lipinski definition) is 2. The predicted molar refractivity (Wildman–Crippen MR) is 66.8 cm³/mol. The molecule has 2 rings (SSSR count). The Kier molecular flexibility index (Phi) is 3.99. The third-order valence-corrected chi connectivity index (χ3v) is 3.53. The van der Waals surface area contributed by atoms with Gasteiger partial charge in [-0.3, -0.25) is 0 Å². The number of aromatic nitrogens is 2. The van der Waals surface area contributed by atoms with E-state index in [9.17, 15) is 0 Å². The van der Waals surface area contributed by atoms with Crippen LogP contribution in [0.3, 0.4) is 0 Å². The van der Waals surface area contributed by atoms with Crippen molar-refractivity contribution in [1.29, 1.82) is 0 Å². The minimum absolute atomic E-state index is 0.209. The van der Waals surface area contributed by atoms with Crippen molar-refractivity contribution in [1.82, 2.24) is 15.5 Å². The molecule has 1 saturated carbocycles. The summed E-state index contributed by atoms with van der Waals surface area (Å²) in [6.45, 7) is 5.97. The molecule has 1 aromatic rings. The van der Waals surface area contributed by atoms with Crippen molar-refractivity contribution in [2.24, 2.45) is 0 Å². The van der Waals surface area contributed by atoms with Crippen LogP contribution in [0.4, 0.5) is 6.01 Å². The molecule has 0 saturated heterocycles. The molecule has 0 bridgehead atoms. The highest BCUT2D eigenvalue weighted by atomic mass is 16.4. The van der Waals surface area contributed by atoms with Crippen molar-refractivity contribution in [3.05, 3.63) is 5.89 Å². The largest absolute Gasteiger partial charge is 0.407 e. The molecule has 5 heteroatoms. The second-order valence-corrected chi connectivity index (χ2v) is 4.79. The maximum absolute atomic E-state index is 5.57. The van der Waals surface area contributed by atoms with Crippen LogP contribution < -0.4 is 10.6 Å². The van der Waals surface area contributed by atoms with E-state index in [-0.39, 0.29) is 5.54 Å². The zero-order valence-electron chi connectivity index (χ0n) is 10.8. The lowest BCUT2D eigenvalue weighted by Gasteiger charge is -2.41. The summed E-state index contributed by atoms with van der Waals surface area (Å²) in [6.07, 6.45) is 5.92. The summed E-state index contributed by atoms with van der Waals surface area (Å²) in [6, 6.07) is 0.569. The minimum atomic E-state index is 0.209. The highest BCUT2D eigenvalue weighted by Crippen LogP contribution is 2.37. The van der Waals surface area contributed by atoms with Crippen molar-refractivity contribution >= 4 is 6.01 Å². The van der Waals surface area contributed by atoms with E-state index in [2.05, 4.69) is 34.7 Å². The first-order valence-electron chi connectivity index (χ1n) is 6.59. The van der Waals surface area contributed by atoms with Gasteiger partial charge in [-0.05, 0) is 38.6 Å². The van der Waals surface area contributed by atoms with E-state index >= 15 is 0 Å². The van der Waals surface area contributed by atoms with Gasteiger partial charge < -0.3 is 15.1 Å². The van der Waals surface area contributed by atoms with E-state index in [1.54, 1.807) is 0 Å². The monoisotopic (exact) mass is 238 g/mol. The Bertz CT molecular complexity index is 341. The van der Waals surface area contributed by atoms with Crippen molar-refractivity contribution in [2.75, 3.05) is 11.9 Å². The van der Waals surface area contributed by atoms with Crippen molar-refractivity contribution in [2.45, 2.75) is 58.0 Å². The van der Waals surface area contributed by atoms with Gasteiger partial charge in [0.25, 0.3) is 0 Å². The van der Waals surface area contributed by atoms with E-state index in [4.69, 9.17) is 4.42 Å². The molecule has 1 fully saturated rings. The Balaban J connectivity index is 1.85. The summed E-state index contributed by atoms with van der Waals surface area (Å²) < 4.78 is 5.57. The summed E-state index contributed by atoms with van der Waals surface area (Å²) >= 11 is 0. The van der Waals surface area contributed by atoms with E-state index < -0.39 is 0 Å². The van der Waals surface area contributed by atoms with Crippen LogP contribution >= 0.6 is 0 Å². The summed E-state index contributed by atoms with van der Waals surface area (Å²) in [5, 5.41) is 14.7. The molecule has 1 aliphatic rings. The SMILES string of the molecule is CCCNCc1nnc(NC2(CC)CCC2)o1. The molecule has 96 valence electrons. The van der Waals surface area contributed by atoms with Crippen LogP contribution in [-0.4, -0.2) is 22.3 Å². The van der Waals surface area contributed by atoms with Gasteiger partial charge in [-0.2, -0.15) is 0 Å². The third-order valence-electron chi connectivity index (χ3n) is 3.53. The lowest BCUT2D eigenvalue weighted by molar-refractivity contribution is 0.261. The van der Waals surface area contributed by atoms with E-state index in [0.717, 1.165) is 19.4 Å². The molecule has 1 heterocycles.